The van der Waals surface area contributed by atoms with Crippen LogP contribution in [-0.2, 0) is 19.1 Å². The average Bonchev–Trinajstić information content (AvgIpc) is 2.62. The number of hydrogen-bond donors (Lipinski definition) is 1. The molecule has 2 rings (SSSR count). The van der Waals surface area contributed by atoms with Crippen molar-refractivity contribution in [3.63, 3.8) is 0 Å². The van der Waals surface area contributed by atoms with Gasteiger partial charge in [0.15, 0.2) is 6.10 Å². The molecule has 1 fully saturated rings. The molecule has 2 amide bonds. The van der Waals surface area contributed by atoms with Crippen molar-refractivity contribution in [3.8, 4) is 0 Å². The fraction of sp³-hybridized carbons (Fsp3) is 0.591. The minimum Gasteiger partial charge on any atom is -0.452 e. The maximum absolute atomic E-state index is 12.4. The van der Waals surface area contributed by atoms with E-state index >= 15 is 0 Å². The molecule has 1 atom stereocenters. The Morgan fingerprint density at radius 1 is 1.14 bits per heavy atom. The molecule has 1 N–H and O–H groups in total. The van der Waals surface area contributed by atoms with Crippen LogP contribution in [0.5, 0.6) is 0 Å². The minimum absolute atomic E-state index is 0.329. The predicted molar refractivity (Wildman–Crippen MR) is 111 cm³/mol. The molecule has 0 spiro atoms. The number of piperidine rings is 1. The second-order valence-electron chi connectivity index (χ2n) is 8.63. The van der Waals surface area contributed by atoms with Crippen LogP contribution in [0.4, 0.5) is 10.5 Å². The SMILES string of the molecule is Cc1ccc(NC(=O)[C@H](C)OC(=O)C2CCN(C(=O)OC(C)(C)C)CC2)c(C)c1. The Hall–Kier alpha value is -2.57. The van der Waals surface area contributed by atoms with Gasteiger partial charge in [0, 0.05) is 18.8 Å². The highest BCUT2D eigenvalue weighted by Gasteiger charge is 2.32. The molecular weight excluding hydrogens is 372 g/mol. The topological polar surface area (TPSA) is 84.9 Å². The van der Waals surface area contributed by atoms with Gasteiger partial charge in [-0.15, -0.1) is 0 Å². The van der Waals surface area contributed by atoms with Gasteiger partial charge in [0.1, 0.15) is 5.60 Å². The second-order valence-corrected chi connectivity index (χ2v) is 8.63. The number of nitrogens with zero attached hydrogens (tertiary/aromatic N) is 1. The maximum atomic E-state index is 12.4. The van der Waals surface area contributed by atoms with Gasteiger partial charge in [-0.25, -0.2) is 4.79 Å². The number of rotatable bonds is 4. The first-order valence-corrected chi connectivity index (χ1v) is 10.0. The summed E-state index contributed by atoms with van der Waals surface area (Å²) in [4.78, 5) is 38.5. The number of likely N-dealkylation sites (tertiary alicyclic amines) is 1. The van der Waals surface area contributed by atoms with Gasteiger partial charge in [-0.1, -0.05) is 17.7 Å². The Labute approximate surface area is 172 Å². The van der Waals surface area contributed by atoms with Crippen molar-refractivity contribution in [2.75, 3.05) is 18.4 Å². The third-order valence-electron chi connectivity index (χ3n) is 4.78. The summed E-state index contributed by atoms with van der Waals surface area (Å²) >= 11 is 0. The van der Waals surface area contributed by atoms with Gasteiger partial charge >= 0.3 is 12.1 Å². The number of benzene rings is 1. The number of ether oxygens (including phenoxy) is 2. The number of carbonyl (C=O) groups excluding carboxylic acids is 3. The standard InChI is InChI=1S/C22H32N2O5/c1-14-7-8-18(15(2)13-14)23-19(25)16(3)28-20(26)17-9-11-24(12-10-17)21(27)29-22(4,5)6/h7-8,13,16-17H,9-12H2,1-6H3,(H,23,25)/t16-/m0/s1. The summed E-state index contributed by atoms with van der Waals surface area (Å²) in [5, 5.41) is 2.80. The lowest BCUT2D eigenvalue weighted by atomic mass is 9.97. The molecule has 29 heavy (non-hydrogen) atoms. The lowest BCUT2D eigenvalue weighted by Gasteiger charge is -2.32. The molecule has 1 aromatic carbocycles. The molecule has 0 radical (unpaired) electrons. The van der Waals surface area contributed by atoms with E-state index in [4.69, 9.17) is 9.47 Å². The summed E-state index contributed by atoms with van der Waals surface area (Å²) in [6.45, 7) is 11.8. The van der Waals surface area contributed by atoms with Gasteiger partial charge in [-0.05, 0) is 66.0 Å². The van der Waals surface area contributed by atoms with Gasteiger partial charge in [0.25, 0.3) is 5.91 Å². The first-order chi connectivity index (χ1) is 13.5. The van der Waals surface area contributed by atoms with Crippen molar-refractivity contribution in [2.24, 2.45) is 5.92 Å². The number of hydrogen-bond acceptors (Lipinski definition) is 5. The molecule has 0 aromatic heterocycles. The number of carbonyl (C=O) groups is 3. The lowest BCUT2D eigenvalue weighted by molar-refractivity contribution is -0.158. The molecule has 7 heteroatoms. The number of amides is 2. The van der Waals surface area contributed by atoms with Crippen molar-refractivity contribution in [1.29, 1.82) is 0 Å². The van der Waals surface area contributed by atoms with E-state index in [1.807, 2.05) is 52.8 Å². The number of nitrogens with one attached hydrogen (secondary N) is 1. The van der Waals surface area contributed by atoms with Crippen LogP contribution in [0, 0.1) is 19.8 Å². The van der Waals surface area contributed by atoms with Gasteiger partial charge in [-0.3, -0.25) is 9.59 Å². The smallest absolute Gasteiger partial charge is 0.410 e. The highest BCUT2D eigenvalue weighted by Crippen LogP contribution is 2.22. The molecule has 1 aromatic rings. The lowest BCUT2D eigenvalue weighted by Crippen LogP contribution is -2.43. The van der Waals surface area contributed by atoms with Crippen molar-refractivity contribution in [1.82, 2.24) is 4.90 Å². The van der Waals surface area contributed by atoms with E-state index in [1.165, 1.54) is 0 Å². The van der Waals surface area contributed by atoms with Gasteiger partial charge in [0.2, 0.25) is 0 Å². The van der Waals surface area contributed by atoms with Crippen LogP contribution in [-0.4, -0.2) is 47.7 Å². The zero-order valence-electron chi connectivity index (χ0n) is 18.2. The normalized spacial score (nSPS) is 16.1. The van der Waals surface area contributed by atoms with Crippen LogP contribution in [0.25, 0.3) is 0 Å². The largest absolute Gasteiger partial charge is 0.452 e. The monoisotopic (exact) mass is 404 g/mol. The minimum atomic E-state index is -0.896. The summed E-state index contributed by atoms with van der Waals surface area (Å²) in [7, 11) is 0. The molecule has 1 heterocycles. The van der Waals surface area contributed by atoms with Crippen molar-refractivity contribution in [3.05, 3.63) is 29.3 Å². The third-order valence-corrected chi connectivity index (χ3v) is 4.78. The maximum Gasteiger partial charge on any atom is 0.410 e. The van der Waals surface area contributed by atoms with E-state index in [-0.39, 0.29) is 17.9 Å². The first kappa shape index (κ1) is 22.7. The second kappa shape index (κ2) is 9.29. The van der Waals surface area contributed by atoms with Crippen molar-refractivity contribution in [2.45, 2.75) is 66.1 Å². The van der Waals surface area contributed by atoms with E-state index in [9.17, 15) is 14.4 Å². The molecule has 0 unspecified atom stereocenters. The summed E-state index contributed by atoms with van der Waals surface area (Å²) < 4.78 is 10.7. The van der Waals surface area contributed by atoms with Gasteiger partial charge in [-0.2, -0.15) is 0 Å². The molecular formula is C22H32N2O5. The van der Waals surface area contributed by atoms with E-state index in [0.29, 0.717) is 31.6 Å². The quantitative estimate of drug-likeness (QED) is 0.771. The van der Waals surface area contributed by atoms with Crippen LogP contribution in [0.3, 0.4) is 0 Å². The highest BCUT2D eigenvalue weighted by molar-refractivity contribution is 5.95. The van der Waals surface area contributed by atoms with Crippen LogP contribution in [0.2, 0.25) is 0 Å². The van der Waals surface area contributed by atoms with Gasteiger partial charge < -0.3 is 19.7 Å². The van der Waals surface area contributed by atoms with Crippen molar-refractivity contribution < 1.29 is 23.9 Å². The molecule has 1 aliphatic rings. The fourth-order valence-electron chi connectivity index (χ4n) is 3.14. The number of esters is 1. The van der Waals surface area contributed by atoms with E-state index in [0.717, 1.165) is 11.1 Å². The number of aryl methyl sites for hydroxylation is 2. The zero-order chi connectivity index (χ0) is 21.8. The molecule has 1 saturated heterocycles. The Morgan fingerprint density at radius 2 is 1.76 bits per heavy atom. The molecule has 1 aliphatic heterocycles. The molecule has 0 bridgehead atoms. The molecule has 0 saturated carbocycles. The predicted octanol–water partition coefficient (Wildman–Crippen LogP) is 3.82. The highest BCUT2D eigenvalue weighted by atomic mass is 16.6. The van der Waals surface area contributed by atoms with E-state index in [1.54, 1.807) is 11.8 Å². The Balaban J connectivity index is 1.82. The molecule has 160 valence electrons. The first-order valence-electron chi connectivity index (χ1n) is 10.0. The van der Waals surface area contributed by atoms with Crippen LogP contribution in [0.1, 0.15) is 51.7 Å². The Kier molecular flexibility index (Phi) is 7.27. The fourth-order valence-corrected chi connectivity index (χ4v) is 3.14. The zero-order valence-corrected chi connectivity index (χ0v) is 18.2. The van der Waals surface area contributed by atoms with Crippen LogP contribution >= 0.6 is 0 Å². The van der Waals surface area contributed by atoms with E-state index < -0.39 is 17.7 Å². The van der Waals surface area contributed by atoms with Crippen molar-refractivity contribution >= 4 is 23.7 Å². The van der Waals surface area contributed by atoms with E-state index in [2.05, 4.69) is 5.32 Å². The van der Waals surface area contributed by atoms with Gasteiger partial charge in [0.05, 0.1) is 5.92 Å². The van der Waals surface area contributed by atoms with Crippen LogP contribution < -0.4 is 5.32 Å². The summed E-state index contributed by atoms with van der Waals surface area (Å²) in [6.07, 6.45) is -0.287. The Bertz CT molecular complexity index is 761. The van der Waals surface area contributed by atoms with Crippen LogP contribution in [0.15, 0.2) is 18.2 Å². The average molecular weight is 405 g/mol. The third kappa shape index (κ3) is 6.76. The summed E-state index contributed by atoms with van der Waals surface area (Å²) in [5.41, 5.74) is 2.21. The Morgan fingerprint density at radius 3 is 2.31 bits per heavy atom. The number of anilines is 1. The summed E-state index contributed by atoms with van der Waals surface area (Å²) in [6, 6.07) is 5.73. The molecule has 0 aliphatic carbocycles. The summed E-state index contributed by atoms with van der Waals surface area (Å²) in [5.74, 6) is -1.10. The molecule has 7 nitrogen and oxygen atoms in total.